The van der Waals surface area contributed by atoms with Crippen LogP contribution in [0.4, 0.5) is 4.39 Å². The minimum atomic E-state index is -0.491. The number of likely N-dealkylation sites (tertiary alicyclic amines) is 1. The summed E-state index contributed by atoms with van der Waals surface area (Å²) in [5.41, 5.74) is 0.746. The molecule has 0 unspecified atom stereocenters. The zero-order valence-corrected chi connectivity index (χ0v) is 17.8. The molecule has 4 rings (SSSR count). The minimum Gasteiger partial charge on any atom is -0.352 e. The Kier molecular flexibility index (Phi) is 5.72. The zero-order valence-electron chi connectivity index (χ0n) is 16.2. The van der Waals surface area contributed by atoms with Crippen molar-refractivity contribution in [2.45, 2.75) is 43.6 Å². The van der Waals surface area contributed by atoms with E-state index in [-0.39, 0.29) is 23.4 Å². The summed E-state index contributed by atoms with van der Waals surface area (Å²) in [6.45, 7) is 1.03. The fourth-order valence-corrected chi connectivity index (χ4v) is 4.57. The van der Waals surface area contributed by atoms with E-state index in [1.54, 1.807) is 17.0 Å². The van der Waals surface area contributed by atoms with E-state index >= 15 is 0 Å². The van der Waals surface area contributed by atoms with Gasteiger partial charge in [0.05, 0.1) is 11.0 Å². The molecule has 1 aliphatic heterocycles. The molecule has 1 aliphatic carbocycles. The van der Waals surface area contributed by atoms with Crippen molar-refractivity contribution in [3.63, 3.8) is 0 Å². The van der Waals surface area contributed by atoms with Crippen molar-refractivity contribution in [3.05, 3.63) is 69.9 Å². The molecule has 1 saturated heterocycles. The average molecular weight is 459 g/mol. The lowest BCUT2D eigenvalue weighted by Gasteiger charge is -2.42. The second kappa shape index (κ2) is 8.27. The number of nitrogens with zero attached hydrogens (tertiary/aromatic N) is 1. The standard InChI is InChI=1S/C23H24BrFN2O2/c24-17-8-6-16(7-9-17)23(12-3-13-23)22(29)26-18-10-14-27(15-11-18)21(28)19-4-1-2-5-20(19)25/h1-2,4-9,18H,3,10-15H2,(H,26,29). The molecule has 1 heterocycles. The van der Waals surface area contributed by atoms with E-state index in [9.17, 15) is 14.0 Å². The Morgan fingerprint density at radius 3 is 2.28 bits per heavy atom. The molecule has 1 N–H and O–H groups in total. The second-order valence-corrected chi connectivity index (χ2v) is 8.88. The van der Waals surface area contributed by atoms with E-state index in [4.69, 9.17) is 0 Å². The van der Waals surface area contributed by atoms with Gasteiger partial charge in [0.15, 0.2) is 0 Å². The number of hydrogen-bond donors (Lipinski definition) is 1. The first kappa shape index (κ1) is 20.1. The number of carbonyl (C=O) groups excluding carboxylic acids is 2. The maximum atomic E-state index is 13.9. The van der Waals surface area contributed by atoms with Crippen LogP contribution in [0.1, 0.15) is 48.0 Å². The van der Waals surface area contributed by atoms with Gasteiger partial charge in [-0.2, -0.15) is 0 Å². The molecule has 29 heavy (non-hydrogen) atoms. The molecule has 4 nitrogen and oxygen atoms in total. The molecule has 0 atom stereocenters. The molecule has 2 aliphatic rings. The van der Waals surface area contributed by atoms with E-state index < -0.39 is 11.2 Å². The minimum absolute atomic E-state index is 0.0418. The summed E-state index contributed by atoms with van der Waals surface area (Å²) in [5, 5.41) is 3.22. The molecular formula is C23H24BrFN2O2. The van der Waals surface area contributed by atoms with E-state index in [0.29, 0.717) is 25.9 Å². The summed E-state index contributed by atoms with van der Waals surface area (Å²) in [6.07, 6.45) is 4.15. The number of amides is 2. The summed E-state index contributed by atoms with van der Waals surface area (Å²) in [4.78, 5) is 27.4. The summed E-state index contributed by atoms with van der Waals surface area (Å²) in [7, 11) is 0. The lowest BCUT2D eigenvalue weighted by molar-refractivity contribution is -0.131. The van der Waals surface area contributed by atoms with Crippen LogP contribution >= 0.6 is 15.9 Å². The average Bonchev–Trinajstić information content (AvgIpc) is 2.69. The quantitative estimate of drug-likeness (QED) is 0.736. The Bertz CT molecular complexity index is 903. The Balaban J connectivity index is 1.37. The number of hydrogen-bond acceptors (Lipinski definition) is 2. The zero-order chi connectivity index (χ0) is 20.4. The van der Waals surface area contributed by atoms with E-state index in [2.05, 4.69) is 21.2 Å². The van der Waals surface area contributed by atoms with Crippen LogP contribution in [-0.4, -0.2) is 35.8 Å². The van der Waals surface area contributed by atoms with E-state index in [1.165, 1.54) is 12.1 Å². The molecule has 0 radical (unpaired) electrons. The second-order valence-electron chi connectivity index (χ2n) is 7.96. The lowest BCUT2D eigenvalue weighted by atomic mass is 9.63. The van der Waals surface area contributed by atoms with Gasteiger partial charge in [-0.05, 0) is 55.5 Å². The number of rotatable bonds is 4. The van der Waals surface area contributed by atoms with Gasteiger partial charge in [-0.25, -0.2) is 4.39 Å². The fraction of sp³-hybridized carbons (Fsp3) is 0.391. The first-order valence-corrected chi connectivity index (χ1v) is 10.9. The highest BCUT2D eigenvalue weighted by Gasteiger charge is 2.46. The summed E-state index contributed by atoms with van der Waals surface area (Å²) < 4.78 is 14.9. The molecule has 2 aromatic rings. The van der Waals surface area contributed by atoms with Gasteiger partial charge in [-0.15, -0.1) is 0 Å². The van der Waals surface area contributed by atoms with E-state index in [1.807, 2.05) is 24.3 Å². The van der Waals surface area contributed by atoms with Crippen LogP contribution in [-0.2, 0) is 10.2 Å². The predicted octanol–water partition coefficient (Wildman–Crippen LogP) is 4.43. The van der Waals surface area contributed by atoms with Gasteiger partial charge in [0.2, 0.25) is 5.91 Å². The number of carbonyl (C=O) groups is 2. The molecule has 0 spiro atoms. The molecule has 0 aromatic heterocycles. The molecule has 6 heteroatoms. The van der Waals surface area contributed by atoms with Crippen molar-refractivity contribution < 1.29 is 14.0 Å². The van der Waals surface area contributed by atoms with Crippen molar-refractivity contribution in [3.8, 4) is 0 Å². The third-order valence-corrected chi connectivity index (χ3v) is 6.79. The highest BCUT2D eigenvalue weighted by molar-refractivity contribution is 9.10. The van der Waals surface area contributed by atoms with Crippen LogP contribution in [0.2, 0.25) is 0 Å². The van der Waals surface area contributed by atoms with Gasteiger partial charge in [-0.3, -0.25) is 9.59 Å². The summed E-state index contributed by atoms with van der Waals surface area (Å²) >= 11 is 3.45. The third kappa shape index (κ3) is 3.95. The number of halogens is 2. The van der Waals surface area contributed by atoms with Gasteiger partial charge < -0.3 is 10.2 Å². The molecule has 2 amide bonds. The number of benzene rings is 2. The van der Waals surface area contributed by atoms with Gasteiger partial charge in [0.25, 0.3) is 5.91 Å². The predicted molar refractivity (Wildman–Crippen MR) is 113 cm³/mol. The first-order valence-electron chi connectivity index (χ1n) is 10.1. The van der Waals surface area contributed by atoms with Crippen LogP contribution < -0.4 is 5.32 Å². The monoisotopic (exact) mass is 458 g/mol. The SMILES string of the molecule is O=C(c1ccccc1F)N1CCC(NC(=O)C2(c3ccc(Br)cc3)CCC2)CC1. The maximum absolute atomic E-state index is 13.9. The van der Waals surface area contributed by atoms with Gasteiger partial charge >= 0.3 is 0 Å². The topological polar surface area (TPSA) is 49.4 Å². The van der Waals surface area contributed by atoms with Crippen molar-refractivity contribution in [2.24, 2.45) is 0 Å². The van der Waals surface area contributed by atoms with Crippen molar-refractivity contribution in [1.29, 1.82) is 0 Å². The Morgan fingerprint density at radius 1 is 1.03 bits per heavy atom. The molecule has 1 saturated carbocycles. The molecule has 2 fully saturated rings. The van der Waals surface area contributed by atoms with Crippen LogP contribution in [0.25, 0.3) is 0 Å². The highest BCUT2D eigenvalue weighted by atomic mass is 79.9. The Hall–Kier alpha value is -2.21. The molecule has 152 valence electrons. The fourth-order valence-electron chi connectivity index (χ4n) is 4.30. The van der Waals surface area contributed by atoms with Crippen molar-refractivity contribution >= 4 is 27.7 Å². The van der Waals surface area contributed by atoms with Crippen LogP contribution in [0.5, 0.6) is 0 Å². The molecule has 2 aromatic carbocycles. The Morgan fingerprint density at radius 2 is 1.69 bits per heavy atom. The summed E-state index contributed by atoms with van der Waals surface area (Å²) in [6, 6.07) is 14.1. The van der Waals surface area contributed by atoms with Crippen molar-refractivity contribution in [2.75, 3.05) is 13.1 Å². The molecule has 0 bridgehead atoms. The Labute approximate surface area is 178 Å². The van der Waals surface area contributed by atoms with Gasteiger partial charge in [-0.1, -0.05) is 46.6 Å². The molecular weight excluding hydrogens is 435 g/mol. The smallest absolute Gasteiger partial charge is 0.256 e. The maximum Gasteiger partial charge on any atom is 0.256 e. The number of nitrogens with one attached hydrogen (secondary N) is 1. The van der Waals surface area contributed by atoms with Crippen LogP contribution in [0.3, 0.4) is 0 Å². The first-order chi connectivity index (χ1) is 14.0. The van der Waals surface area contributed by atoms with Crippen molar-refractivity contribution in [1.82, 2.24) is 10.2 Å². The number of piperidine rings is 1. The van der Waals surface area contributed by atoms with E-state index in [0.717, 1.165) is 29.3 Å². The van der Waals surface area contributed by atoms with Crippen LogP contribution in [0.15, 0.2) is 53.0 Å². The summed E-state index contributed by atoms with van der Waals surface area (Å²) in [5.74, 6) is -0.683. The lowest BCUT2D eigenvalue weighted by Crippen LogP contribution is -2.54. The van der Waals surface area contributed by atoms with Gasteiger partial charge in [0, 0.05) is 23.6 Å². The largest absolute Gasteiger partial charge is 0.352 e. The highest BCUT2D eigenvalue weighted by Crippen LogP contribution is 2.44. The third-order valence-electron chi connectivity index (χ3n) is 6.26. The van der Waals surface area contributed by atoms with Crippen LogP contribution in [0, 0.1) is 5.82 Å². The van der Waals surface area contributed by atoms with Gasteiger partial charge in [0.1, 0.15) is 5.82 Å². The normalized spacial score (nSPS) is 18.8.